The standard InChI is InChI=1S/C50H87N17O12/c1-7-27(3)38(40(52)71)66-45(76)34(24-30-16-10-9-11-17-30)64-48(79)39(28(4)8-2)67-46(77)35(25-37(69)70)63-41(72)29(5)60-47(78)36(26-68)65-44(75)33(20-15-23-59-50(55)56)62-43(74)32(19-14-22-58-49(53)54)61-42(73)31(57-6)18-12-13-21-51/h9-11,16-17,27-29,31-36,38-39,57,68H,7-8,12-15,18-26,51H2,1-6H3,(H2,52,71)(H,60,78)(H,61,73)(H,62,74)(H,63,72)(H,64,79)(H,65,75)(H,66,76)(H,67,77)(H,69,70)(H4,53,54,58)(H4,55,56,59)/t27-,28-,29-,31-,32-,33-,34-,35-,36-,38-,39-/m0/s1. The number of carboxylic acids is 1. The van der Waals surface area contributed by atoms with Crippen molar-refractivity contribution >= 4 is 71.1 Å². The molecule has 1 aromatic rings. The first kappa shape index (κ1) is 69.4. The smallest absolute Gasteiger partial charge is 0.305 e. The Morgan fingerprint density at radius 1 is 0.519 bits per heavy atom. The number of nitrogens with one attached hydrogen (secondary N) is 9. The van der Waals surface area contributed by atoms with E-state index in [1.165, 1.54) is 6.92 Å². The van der Waals surface area contributed by atoms with E-state index >= 15 is 0 Å². The predicted octanol–water partition coefficient (Wildman–Crippen LogP) is -5.00. The Kier molecular flexibility index (Phi) is 32.7. The summed E-state index contributed by atoms with van der Waals surface area (Å²) in [5.74, 6) is -10.9. The highest BCUT2D eigenvalue weighted by Gasteiger charge is 2.36. The molecule has 0 aromatic heterocycles. The molecule has 0 bridgehead atoms. The molecule has 11 atom stereocenters. The normalized spacial score (nSPS) is 15.1. The molecule has 0 spiro atoms. The van der Waals surface area contributed by atoms with Crippen molar-refractivity contribution in [1.29, 1.82) is 0 Å². The third-order valence-electron chi connectivity index (χ3n) is 12.9. The van der Waals surface area contributed by atoms with E-state index in [0.717, 1.165) is 0 Å². The third kappa shape index (κ3) is 26.5. The number of hydrogen-bond donors (Lipinski definition) is 17. The van der Waals surface area contributed by atoms with Crippen molar-refractivity contribution in [2.24, 2.45) is 56.2 Å². The van der Waals surface area contributed by atoms with Crippen LogP contribution in [0.4, 0.5) is 0 Å². The van der Waals surface area contributed by atoms with Crippen LogP contribution in [0, 0.1) is 11.8 Å². The van der Waals surface area contributed by atoms with Crippen LogP contribution >= 0.6 is 0 Å². The van der Waals surface area contributed by atoms with Crippen molar-refractivity contribution in [3.63, 3.8) is 0 Å². The molecule has 0 unspecified atom stereocenters. The number of nitrogens with two attached hydrogens (primary N) is 6. The summed E-state index contributed by atoms with van der Waals surface area (Å²) in [5, 5.41) is 43.0. The van der Waals surface area contributed by atoms with Gasteiger partial charge in [-0.25, -0.2) is 0 Å². The van der Waals surface area contributed by atoms with Crippen LogP contribution in [0.1, 0.15) is 104 Å². The van der Waals surface area contributed by atoms with Crippen molar-refractivity contribution in [2.75, 3.05) is 33.3 Å². The van der Waals surface area contributed by atoms with Gasteiger partial charge in [0.05, 0.1) is 19.1 Å². The zero-order valence-corrected chi connectivity index (χ0v) is 46.2. The van der Waals surface area contributed by atoms with Gasteiger partial charge in [-0.05, 0) is 76.4 Å². The molecule has 9 amide bonds. The molecule has 0 saturated carbocycles. The molecule has 0 heterocycles. The van der Waals surface area contributed by atoms with E-state index in [0.29, 0.717) is 44.2 Å². The lowest BCUT2D eigenvalue weighted by Gasteiger charge is -2.29. The Labute approximate surface area is 460 Å². The summed E-state index contributed by atoms with van der Waals surface area (Å²) >= 11 is 0. The molecule has 29 heteroatoms. The fourth-order valence-electron chi connectivity index (χ4n) is 7.77. The number of hydrogen-bond acceptors (Lipinski definition) is 15. The van der Waals surface area contributed by atoms with Crippen LogP contribution in [0.5, 0.6) is 0 Å². The van der Waals surface area contributed by atoms with E-state index in [1.807, 2.05) is 6.92 Å². The van der Waals surface area contributed by atoms with E-state index in [4.69, 9.17) is 34.4 Å². The first-order chi connectivity index (χ1) is 37.3. The number of carbonyl (C=O) groups is 10. The largest absolute Gasteiger partial charge is 0.481 e. The summed E-state index contributed by atoms with van der Waals surface area (Å²) in [6.07, 6.45) is 1.68. The minimum Gasteiger partial charge on any atom is -0.481 e. The Hall–Kier alpha value is -7.66. The molecule has 0 aliphatic heterocycles. The van der Waals surface area contributed by atoms with Gasteiger partial charge in [0, 0.05) is 19.5 Å². The van der Waals surface area contributed by atoms with Crippen molar-refractivity contribution < 1.29 is 58.2 Å². The number of benzene rings is 1. The first-order valence-corrected chi connectivity index (χ1v) is 26.4. The first-order valence-electron chi connectivity index (χ1n) is 26.4. The van der Waals surface area contributed by atoms with Crippen LogP contribution in [-0.2, 0) is 54.4 Å². The summed E-state index contributed by atoms with van der Waals surface area (Å²) in [6.45, 7) is 7.54. The zero-order valence-electron chi connectivity index (χ0n) is 46.2. The number of amides is 9. The Bertz CT molecular complexity index is 2210. The second-order valence-electron chi connectivity index (χ2n) is 19.2. The van der Waals surface area contributed by atoms with E-state index in [2.05, 4.69) is 57.8 Å². The van der Waals surface area contributed by atoms with Crippen LogP contribution in [-0.4, -0.2) is 169 Å². The number of likely N-dealkylation sites (N-methyl/N-ethyl adjacent to an activating group) is 1. The highest BCUT2D eigenvalue weighted by molar-refractivity contribution is 5.99. The Morgan fingerprint density at radius 2 is 0.949 bits per heavy atom. The second kappa shape index (κ2) is 37.2. The monoisotopic (exact) mass is 1120 g/mol. The molecule has 79 heavy (non-hydrogen) atoms. The molecule has 0 saturated heterocycles. The van der Waals surface area contributed by atoms with E-state index in [9.17, 15) is 58.2 Å². The predicted molar refractivity (Wildman–Crippen MR) is 294 cm³/mol. The Balaban J connectivity index is 3.38. The van der Waals surface area contributed by atoms with Crippen LogP contribution in [0.25, 0.3) is 0 Å². The van der Waals surface area contributed by atoms with Gasteiger partial charge in [0.2, 0.25) is 53.2 Å². The number of rotatable bonds is 39. The summed E-state index contributed by atoms with van der Waals surface area (Å²) in [4.78, 5) is 142. The number of aliphatic imine (C=N–C) groups is 2. The highest BCUT2D eigenvalue weighted by Crippen LogP contribution is 2.14. The fourth-order valence-corrected chi connectivity index (χ4v) is 7.77. The summed E-state index contributed by atoms with van der Waals surface area (Å²) in [5.41, 5.74) is 33.7. The molecule has 0 aliphatic carbocycles. The van der Waals surface area contributed by atoms with Crippen LogP contribution in [0.15, 0.2) is 40.3 Å². The van der Waals surface area contributed by atoms with Gasteiger partial charge in [0.25, 0.3) is 0 Å². The lowest BCUT2D eigenvalue weighted by Crippen LogP contribution is -2.61. The summed E-state index contributed by atoms with van der Waals surface area (Å²) in [7, 11) is 1.58. The van der Waals surface area contributed by atoms with Gasteiger partial charge >= 0.3 is 5.97 Å². The maximum Gasteiger partial charge on any atom is 0.305 e. The van der Waals surface area contributed by atoms with Crippen LogP contribution in [0.2, 0.25) is 0 Å². The average molecular weight is 1120 g/mol. The average Bonchev–Trinajstić information content (AvgIpc) is 3.40. The third-order valence-corrected chi connectivity index (χ3v) is 12.9. The molecule has 1 rings (SSSR count). The number of primary amides is 1. The van der Waals surface area contributed by atoms with Crippen LogP contribution in [0.3, 0.4) is 0 Å². The van der Waals surface area contributed by atoms with Gasteiger partial charge in [0.15, 0.2) is 11.9 Å². The van der Waals surface area contributed by atoms with Gasteiger partial charge in [-0.15, -0.1) is 0 Å². The maximum absolute atomic E-state index is 14.1. The molecule has 29 nitrogen and oxygen atoms in total. The van der Waals surface area contributed by atoms with E-state index < -0.39 is 132 Å². The number of aliphatic carboxylic acids is 1. The van der Waals surface area contributed by atoms with Crippen molar-refractivity contribution in [2.45, 2.75) is 160 Å². The SMILES string of the molecule is CC[C@H](C)[C@H](NC(=O)[C@H](Cc1ccccc1)NC(=O)[C@@H](NC(=O)[C@H](CC(=O)O)NC(=O)[C@H](C)NC(=O)[C@H](CO)NC(=O)[C@H](CCCN=C(N)N)NC(=O)[C@H](CCCN=C(N)N)NC(=O)[C@H](CCCCN)NC)[C@@H](C)CC)C(N)=O. The maximum atomic E-state index is 14.1. The number of guanidine groups is 2. The van der Waals surface area contributed by atoms with Gasteiger partial charge in [-0.2, -0.15) is 0 Å². The lowest BCUT2D eigenvalue weighted by molar-refractivity contribution is -0.141. The summed E-state index contributed by atoms with van der Waals surface area (Å²) < 4.78 is 0. The molecule has 0 radical (unpaired) electrons. The topological polar surface area (TPSA) is 500 Å². The van der Waals surface area contributed by atoms with Crippen molar-refractivity contribution in [3.05, 3.63) is 35.9 Å². The molecular formula is C50H87N17O12. The number of aliphatic hydroxyl groups is 1. The van der Waals surface area contributed by atoms with Gasteiger partial charge in [-0.3, -0.25) is 57.9 Å². The minimum absolute atomic E-state index is 0.0167. The van der Waals surface area contributed by atoms with E-state index in [-0.39, 0.29) is 63.0 Å². The number of aliphatic hydroxyl groups excluding tert-OH is 1. The lowest BCUT2D eigenvalue weighted by atomic mass is 9.95. The molecule has 23 N–H and O–H groups in total. The Morgan fingerprint density at radius 3 is 1.42 bits per heavy atom. The molecule has 1 aromatic carbocycles. The second-order valence-corrected chi connectivity index (χ2v) is 19.2. The number of carbonyl (C=O) groups excluding carboxylic acids is 9. The number of carboxylic acid groups (broad SMARTS) is 1. The van der Waals surface area contributed by atoms with Gasteiger partial charge in [0.1, 0.15) is 48.3 Å². The zero-order chi connectivity index (χ0) is 59.8. The molecule has 0 fully saturated rings. The van der Waals surface area contributed by atoms with Gasteiger partial charge < -0.3 is 92.5 Å². The molecular weight excluding hydrogens is 1030 g/mol. The summed E-state index contributed by atoms with van der Waals surface area (Å²) in [6, 6.07) is -3.57. The van der Waals surface area contributed by atoms with Crippen LogP contribution < -0.4 is 82.3 Å². The number of nitrogens with zero attached hydrogens (tertiary/aromatic N) is 2. The number of unbranched alkanes of at least 4 members (excludes halogenated alkanes) is 1. The quantitative estimate of drug-likeness (QED) is 0.0167. The molecule has 444 valence electrons. The van der Waals surface area contributed by atoms with Crippen molar-refractivity contribution in [1.82, 2.24) is 47.9 Å². The highest BCUT2D eigenvalue weighted by atomic mass is 16.4. The van der Waals surface area contributed by atoms with Gasteiger partial charge in [-0.1, -0.05) is 77.3 Å². The minimum atomic E-state index is -1.84. The fraction of sp³-hybridized carbons (Fsp3) is 0.640. The van der Waals surface area contributed by atoms with E-state index in [1.54, 1.807) is 58.2 Å². The molecule has 0 aliphatic rings. The van der Waals surface area contributed by atoms with Crippen molar-refractivity contribution in [3.8, 4) is 0 Å².